The summed E-state index contributed by atoms with van der Waals surface area (Å²) in [4.78, 5) is 14.7. The average molecular weight is 1050 g/mol. The molecule has 5 aliphatic carbocycles. The Bertz CT molecular complexity index is 2010. The first-order valence-corrected chi connectivity index (χ1v) is 26.9. The fourth-order valence-electron chi connectivity index (χ4n) is 17.1. The van der Waals surface area contributed by atoms with Gasteiger partial charge < -0.3 is 98.8 Å². The molecular weight excluding hydrogens is 961 g/mol. The number of fused-ring (bicyclic) bond motifs is 4. The van der Waals surface area contributed by atoms with E-state index in [1.165, 1.54) is 0 Å². The molecule has 73 heavy (non-hydrogen) atoms. The number of rotatable bonds is 10. The summed E-state index contributed by atoms with van der Waals surface area (Å²) >= 11 is 0. The minimum atomic E-state index is -1.88. The van der Waals surface area contributed by atoms with Crippen molar-refractivity contribution in [2.75, 3.05) is 33.0 Å². The van der Waals surface area contributed by atoms with Gasteiger partial charge in [-0.1, -0.05) is 48.5 Å². The van der Waals surface area contributed by atoms with Crippen LogP contribution in [0.4, 0.5) is 0 Å². The first-order valence-electron chi connectivity index (χ1n) is 26.9. The summed E-state index contributed by atoms with van der Waals surface area (Å²) in [6.45, 7) is 14.5. The zero-order chi connectivity index (χ0) is 52.7. The van der Waals surface area contributed by atoms with E-state index >= 15 is 0 Å². The lowest BCUT2D eigenvalue weighted by atomic mass is 9.30. The minimum absolute atomic E-state index is 0.135. The Labute approximate surface area is 426 Å². The van der Waals surface area contributed by atoms with Crippen LogP contribution in [0.2, 0.25) is 0 Å². The van der Waals surface area contributed by atoms with E-state index in [1.54, 1.807) is 0 Å². The third kappa shape index (κ3) is 8.33. The number of aliphatic hydroxyl groups excluding tert-OH is 11. The van der Waals surface area contributed by atoms with E-state index in [0.717, 1.165) is 51.4 Å². The van der Waals surface area contributed by atoms with Crippen LogP contribution in [-0.4, -0.2) is 217 Å². The third-order valence-electron chi connectivity index (χ3n) is 21.6. The quantitative estimate of drug-likeness (QED) is 0.119. The first-order chi connectivity index (χ1) is 34.2. The Morgan fingerprint density at radius 2 is 1.18 bits per heavy atom. The molecule has 418 valence electrons. The van der Waals surface area contributed by atoms with Gasteiger partial charge in [-0.25, -0.2) is 0 Å². The molecule has 5 aliphatic heterocycles. The molecule has 1 spiro atoms. The van der Waals surface area contributed by atoms with E-state index < -0.39 is 149 Å². The van der Waals surface area contributed by atoms with Crippen molar-refractivity contribution in [1.82, 2.24) is 0 Å². The van der Waals surface area contributed by atoms with Gasteiger partial charge in [0, 0.05) is 17.8 Å². The summed E-state index contributed by atoms with van der Waals surface area (Å²) in [7, 11) is 0. The Kier molecular flexibility index (Phi) is 14.6. The molecule has 21 heteroatoms. The van der Waals surface area contributed by atoms with Crippen LogP contribution in [0.5, 0.6) is 0 Å². The summed E-state index contributed by atoms with van der Waals surface area (Å²) < 4.78 is 55.9. The molecule has 0 radical (unpaired) electrons. The van der Waals surface area contributed by atoms with Crippen molar-refractivity contribution in [1.29, 1.82) is 0 Å². The Morgan fingerprint density at radius 3 is 1.88 bits per heavy atom. The van der Waals surface area contributed by atoms with E-state index in [4.69, 9.17) is 42.6 Å². The number of Topliss-reactive ketones (excluding diaryl/α,β-unsaturated/α-hetero) is 1. The molecule has 2 bridgehead atoms. The van der Waals surface area contributed by atoms with Gasteiger partial charge >= 0.3 is 0 Å². The zero-order valence-electron chi connectivity index (χ0n) is 43.3. The fourth-order valence-corrected chi connectivity index (χ4v) is 17.1. The van der Waals surface area contributed by atoms with Crippen molar-refractivity contribution >= 4 is 5.78 Å². The second-order valence-electron chi connectivity index (χ2n) is 26.0. The van der Waals surface area contributed by atoms with E-state index in [2.05, 4.69) is 48.5 Å². The van der Waals surface area contributed by atoms with Crippen molar-refractivity contribution in [3.63, 3.8) is 0 Å². The van der Waals surface area contributed by atoms with Gasteiger partial charge in [0.2, 0.25) is 0 Å². The Hall–Kier alpha value is -1.13. The number of carbonyl (C=O) groups excluding carboxylic acids is 1. The maximum absolute atomic E-state index is 14.7. The molecule has 5 heterocycles. The topological polar surface area (TPSA) is 323 Å². The van der Waals surface area contributed by atoms with Crippen LogP contribution in [0.25, 0.3) is 0 Å². The van der Waals surface area contributed by atoms with E-state index in [9.17, 15) is 61.0 Å². The SMILES string of the molecule is CC1(C)CC[C@]23CO[C@@]4(CC[C@@H]5[C@@]6(C)CC[C@H](O[C@@H]7OC[C@H](O[C@@H]8O[C@H](CO)[C@@H](O)[C@H](O)[C@H]8O[C@@H]8OC[C@@H](O)[C@H](O)[C@H]8O)[C@H](O)[C@H]7O[C@@H]7O[C@H](CO)[C@@H](O)[C@H](O)[C@H]7O)C(C)(C)[C@@H]6CC[C@@]5(C)[C@]4(C)CC2=O)[C@@H]3C1. The number of hydrogen-bond donors (Lipinski definition) is 11. The monoisotopic (exact) mass is 1040 g/mol. The van der Waals surface area contributed by atoms with Crippen molar-refractivity contribution in [3.8, 4) is 0 Å². The molecule has 10 rings (SSSR count). The van der Waals surface area contributed by atoms with Gasteiger partial charge in [-0.3, -0.25) is 4.79 Å². The Balaban J connectivity index is 0.901. The lowest BCUT2D eigenvalue weighted by Crippen LogP contribution is -2.73. The lowest BCUT2D eigenvalue weighted by molar-refractivity contribution is -0.392. The largest absolute Gasteiger partial charge is 0.394 e. The van der Waals surface area contributed by atoms with Crippen molar-refractivity contribution in [3.05, 3.63) is 0 Å². The predicted octanol–water partition coefficient (Wildman–Crippen LogP) is -0.864. The summed E-state index contributed by atoms with van der Waals surface area (Å²) in [6.07, 6.45) is -21.7. The van der Waals surface area contributed by atoms with Crippen LogP contribution in [-0.2, 0) is 47.4 Å². The van der Waals surface area contributed by atoms with E-state index in [-0.39, 0.29) is 50.4 Å². The molecular formula is C52H84O21. The number of carbonyl (C=O) groups is 1. The number of ether oxygens (including phenoxy) is 9. The first kappa shape index (κ1) is 55.2. The number of hydrogen-bond acceptors (Lipinski definition) is 21. The molecule has 0 aromatic rings. The highest BCUT2D eigenvalue weighted by molar-refractivity contribution is 5.88. The van der Waals surface area contributed by atoms with Gasteiger partial charge in [-0.2, -0.15) is 0 Å². The number of ketones is 1. The van der Waals surface area contributed by atoms with E-state index in [0.29, 0.717) is 25.2 Å². The molecule has 5 saturated heterocycles. The lowest BCUT2D eigenvalue weighted by Gasteiger charge is -2.74. The molecule has 5 saturated carbocycles. The van der Waals surface area contributed by atoms with Crippen LogP contribution in [0.1, 0.15) is 113 Å². The molecule has 11 N–H and O–H groups in total. The summed E-state index contributed by atoms with van der Waals surface area (Å²) in [6, 6.07) is 0. The van der Waals surface area contributed by atoms with Crippen LogP contribution in [0.3, 0.4) is 0 Å². The summed E-state index contributed by atoms with van der Waals surface area (Å²) in [5.41, 5.74) is -1.81. The van der Waals surface area contributed by atoms with Gasteiger partial charge in [0.25, 0.3) is 0 Å². The van der Waals surface area contributed by atoms with Crippen LogP contribution in [0, 0.1) is 50.2 Å². The molecule has 0 amide bonds. The molecule has 21 nitrogen and oxygen atoms in total. The maximum atomic E-state index is 14.7. The molecule has 10 aliphatic rings. The van der Waals surface area contributed by atoms with Crippen LogP contribution >= 0.6 is 0 Å². The third-order valence-corrected chi connectivity index (χ3v) is 21.6. The fraction of sp³-hybridized carbons (Fsp3) is 0.981. The molecule has 0 aromatic heterocycles. The standard InChI is InChI=1S/C52H84O21/c1-46(2)14-15-51-22-67-52(29(51)16-46)13-9-28-48(5)11-10-31(47(3,4)27(48)8-12-49(28,6)50(52,7)17-30(51)56)71-44-40(73-43-39(64)36(61)33(58)24(18-53)68-43)35(60)26(21-66-44)70-45-41(37(62)34(59)25(19-54)69-45)72-42-38(63)32(57)23(55)20-65-42/h23-29,31-45,53-55,57-64H,8-22H2,1-7H3/t23-,24-,25-,26+,27+,28-,29-,31+,32+,33-,34-,35+,36+,37+,38-,39-,40-,41-,42+,43+,44+,45+,48+,49-,50+,51-,52+/m1/s1. The molecule has 10 fully saturated rings. The average Bonchev–Trinajstić information content (AvgIpc) is 3.62. The highest BCUT2D eigenvalue weighted by atomic mass is 16.8. The second-order valence-corrected chi connectivity index (χ2v) is 26.0. The molecule has 0 aromatic carbocycles. The van der Waals surface area contributed by atoms with Gasteiger partial charge in [0.15, 0.2) is 25.2 Å². The summed E-state index contributed by atoms with van der Waals surface area (Å²) in [5, 5.41) is 118. The van der Waals surface area contributed by atoms with Gasteiger partial charge in [-0.15, -0.1) is 0 Å². The number of aliphatic hydroxyl groups is 11. The normalized spacial score (nSPS) is 56.5. The van der Waals surface area contributed by atoms with Crippen molar-refractivity contribution in [2.45, 2.75) is 235 Å². The Morgan fingerprint density at radius 1 is 0.562 bits per heavy atom. The van der Waals surface area contributed by atoms with E-state index in [1.807, 2.05) is 0 Å². The van der Waals surface area contributed by atoms with Crippen LogP contribution < -0.4 is 0 Å². The maximum Gasteiger partial charge on any atom is 0.187 e. The highest BCUT2D eigenvalue weighted by Gasteiger charge is 2.80. The smallest absolute Gasteiger partial charge is 0.187 e. The van der Waals surface area contributed by atoms with Gasteiger partial charge in [-0.05, 0) is 91.3 Å². The second kappa shape index (κ2) is 19.3. The molecule has 0 unspecified atom stereocenters. The van der Waals surface area contributed by atoms with Gasteiger partial charge in [0.1, 0.15) is 91.2 Å². The van der Waals surface area contributed by atoms with Crippen molar-refractivity contribution < 1.29 is 104 Å². The van der Waals surface area contributed by atoms with Crippen molar-refractivity contribution in [2.24, 2.45) is 50.2 Å². The summed E-state index contributed by atoms with van der Waals surface area (Å²) in [5.74, 6) is 1.02. The molecule has 27 atom stereocenters. The minimum Gasteiger partial charge on any atom is -0.394 e. The van der Waals surface area contributed by atoms with Gasteiger partial charge in [0.05, 0.1) is 50.2 Å². The zero-order valence-corrected chi connectivity index (χ0v) is 43.3. The highest BCUT2D eigenvalue weighted by Crippen LogP contribution is 2.80. The predicted molar refractivity (Wildman–Crippen MR) is 249 cm³/mol. The van der Waals surface area contributed by atoms with Crippen LogP contribution in [0.15, 0.2) is 0 Å².